The molecule has 2 heteroatoms. The van der Waals surface area contributed by atoms with Crippen molar-refractivity contribution in [3.05, 3.63) is 29.8 Å². The van der Waals surface area contributed by atoms with E-state index in [-0.39, 0.29) is 0 Å². The van der Waals surface area contributed by atoms with Gasteiger partial charge in [0, 0.05) is 12.1 Å². The predicted molar refractivity (Wildman–Crippen MR) is 73.5 cm³/mol. The van der Waals surface area contributed by atoms with Crippen molar-refractivity contribution in [2.24, 2.45) is 0 Å². The van der Waals surface area contributed by atoms with E-state index in [4.69, 9.17) is 4.74 Å². The van der Waals surface area contributed by atoms with Gasteiger partial charge in [0.15, 0.2) is 0 Å². The van der Waals surface area contributed by atoms with Crippen LogP contribution in [0.3, 0.4) is 0 Å². The van der Waals surface area contributed by atoms with Crippen molar-refractivity contribution in [2.75, 3.05) is 6.61 Å². The smallest absolute Gasteiger partial charge is 0.119 e. The highest BCUT2D eigenvalue weighted by Crippen LogP contribution is 2.18. The van der Waals surface area contributed by atoms with Crippen LogP contribution in [0.4, 0.5) is 0 Å². The largest absolute Gasteiger partial charge is 0.494 e. The van der Waals surface area contributed by atoms with Crippen molar-refractivity contribution >= 4 is 0 Å². The summed E-state index contributed by atoms with van der Waals surface area (Å²) >= 11 is 0. The minimum atomic E-state index is 0.389. The summed E-state index contributed by atoms with van der Waals surface area (Å²) in [7, 11) is 0. The highest BCUT2D eigenvalue weighted by Gasteiger charge is 2.06. The molecule has 0 saturated heterocycles. The number of hydrogen-bond donors (Lipinski definition) is 1. The second kappa shape index (κ2) is 7.33. The van der Waals surface area contributed by atoms with Gasteiger partial charge in [-0.3, -0.25) is 0 Å². The zero-order valence-corrected chi connectivity index (χ0v) is 11.5. The van der Waals surface area contributed by atoms with E-state index in [0.29, 0.717) is 12.1 Å². The van der Waals surface area contributed by atoms with Gasteiger partial charge in [-0.25, -0.2) is 0 Å². The molecule has 0 saturated carbocycles. The average Bonchev–Trinajstić information content (AvgIpc) is 2.29. The van der Waals surface area contributed by atoms with Crippen molar-refractivity contribution in [3.63, 3.8) is 0 Å². The van der Waals surface area contributed by atoms with Crippen molar-refractivity contribution in [1.82, 2.24) is 5.32 Å². The molecule has 1 aromatic rings. The van der Waals surface area contributed by atoms with E-state index >= 15 is 0 Å². The molecular formula is C15H25NO. The first kappa shape index (κ1) is 14.0. The highest BCUT2D eigenvalue weighted by atomic mass is 16.5. The van der Waals surface area contributed by atoms with Crippen LogP contribution in [0.2, 0.25) is 0 Å². The molecule has 96 valence electrons. The molecule has 0 aliphatic rings. The Morgan fingerprint density at radius 1 is 1.12 bits per heavy atom. The van der Waals surface area contributed by atoms with Gasteiger partial charge in [0.25, 0.3) is 0 Å². The van der Waals surface area contributed by atoms with E-state index in [2.05, 4.69) is 57.3 Å². The maximum absolute atomic E-state index is 5.64. The maximum atomic E-state index is 5.64. The van der Waals surface area contributed by atoms with Crippen LogP contribution in [-0.4, -0.2) is 12.6 Å². The Kier molecular flexibility index (Phi) is 6.06. The SMILES string of the molecule is CCCCOc1ccc([C@H](C)NC(C)C)cc1. The number of unbranched alkanes of at least 4 members (excludes halogenated alkanes) is 1. The summed E-state index contributed by atoms with van der Waals surface area (Å²) in [5.74, 6) is 0.971. The molecule has 17 heavy (non-hydrogen) atoms. The quantitative estimate of drug-likeness (QED) is 0.723. The Hall–Kier alpha value is -1.02. The highest BCUT2D eigenvalue weighted by molar-refractivity contribution is 5.28. The van der Waals surface area contributed by atoms with Crippen LogP contribution in [0.1, 0.15) is 52.1 Å². The molecule has 1 atom stereocenters. The number of nitrogens with one attached hydrogen (secondary N) is 1. The van der Waals surface area contributed by atoms with Gasteiger partial charge in [0.2, 0.25) is 0 Å². The molecule has 0 aromatic heterocycles. The second-order valence-corrected chi connectivity index (χ2v) is 4.81. The third-order valence-corrected chi connectivity index (χ3v) is 2.73. The minimum absolute atomic E-state index is 0.389. The summed E-state index contributed by atoms with van der Waals surface area (Å²) in [4.78, 5) is 0. The van der Waals surface area contributed by atoms with Gasteiger partial charge < -0.3 is 10.1 Å². The van der Waals surface area contributed by atoms with Crippen LogP contribution in [0.5, 0.6) is 5.75 Å². The van der Waals surface area contributed by atoms with Gasteiger partial charge >= 0.3 is 0 Å². The number of hydrogen-bond acceptors (Lipinski definition) is 2. The van der Waals surface area contributed by atoms with Crippen molar-refractivity contribution < 1.29 is 4.74 Å². The van der Waals surface area contributed by atoms with Crippen LogP contribution in [0, 0.1) is 0 Å². The molecule has 0 amide bonds. The number of benzene rings is 1. The Bertz CT molecular complexity index is 305. The van der Waals surface area contributed by atoms with Crippen LogP contribution in [-0.2, 0) is 0 Å². The van der Waals surface area contributed by atoms with E-state index in [1.807, 2.05) is 0 Å². The van der Waals surface area contributed by atoms with Gasteiger partial charge in [0.05, 0.1) is 6.61 Å². The van der Waals surface area contributed by atoms with Crippen LogP contribution in [0.15, 0.2) is 24.3 Å². The third-order valence-electron chi connectivity index (χ3n) is 2.73. The molecule has 0 radical (unpaired) electrons. The summed E-state index contributed by atoms with van der Waals surface area (Å²) in [6, 6.07) is 9.29. The Morgan fingerprint density at radius 2 is 1.76 bits per heavy atom. The molecule has 0 aliphatic carbocycles. The fourth-order valence-electron chi connectivity index (χ4n) is 1.78. The molecule has 1 aromatic carbocycles. The van der Waals surface area contributed by atoms with Gasteiger partial charge in [-0.05, 0) is 31.0 Å². The normalized spacial score (nSPS) is 12.8. The molecule has 0 spiro atoms. The Balaban J connectivity index is 2.49. The molecular weight excluding hydrogens is 210 g/mol. The summed E-state index contributed by atoms with van der Waals surface area (Å²) in [5.41, 5.74) is 1.31. The van der Waals surface area contributed by atoms with Gasteiger partial charge in [-0.15, -0.1) is 0 Å². The summed E-state index contributed by atoms with van der Waals surface area (Å²) in [6.07, 6.45) is 2.29. The monoisotopic (exact) mass is 235 g/mol. The maximum Gasteiger partial charge on any atom is 0.119 e. The van der Waals surface area contributed by atoms with Crippen molar-refractivity contribution in [2.45, 2.75) is 52.6 Å². The fourth-order valence-corrected chi connectivity index (χ4v) is 1.78. The summed E-state index contributed by atoms with van der Waals surface area (Å²) in [6.45, 7) is 9.51. The molecule has 0 bridgehead atoms. The standard InChI is InChI=1S/C15H25NO/c1-5-6-11-17-15-9-7-14(8-10-15)13(4)16-12(2)3/h7-10,12-13,16H,5-6,11H2,1-4H3/t13-/m0/s1. The number of ether oxygens (including phenoxy) is 1. The predicted octanol–water partition coefficient (Wildman–Crippen LogP) is 3.92. The van der Waals surface area contributed by atoms with Crippen molar-refractivity contribution in [3.8, 4) is 5.75 Å². The van der Waals surface area contributed by atoms with E-state index in [1.165, 1.54) is 12.0 Å². The first-order chi connectivity index (χ1) is 8.13. The summed E-state index contributed by atoms with van der Waals surface area (Å²) < 4.78 is 5.64. The topological polar surface area (TPSA) is 21.3 Å². The van der Waals surface area contributed by atoms with E-state index in [9.17, 15) is 0 Å². The lowest BCUT2D eigenvalue weighted by molar-refractivity contribution is 0.309. The van der Waals surface area contributed by atoms with Crippen LogP contribution >= 0.6 is 0 Å². The molecule has 0 heterocycles. The van der Waals surface area contributed by atoms with Gasteiger partial charge in [-0.2, -0.15) is 0 Å². The lowest BCUT2D eigenvalue weighted by Crippen LogP contribution is -2.25. The first-order valence-corrected chi connectivity index (χ1v) is 6.62. The minimum Gasteiger partial charge on any atom is -0.494 e. The molecule has 0 aliphatic heterocycles. The molecule has 0 fully saturated rings. The van der Waals surface area contributed by atoms with Gasteiger partial charge in [0.1, 0.15) is 5.75 Å². The zero-order chi connectivity index (χ0) is 12.7. The van der Waals surface area contributed by atoms with Crippen molar-refractivity contribution in [1.29, 1.82) is 0 Å². The second-order valence-electron chi connectivity index (χ2n) is 4.81. The zero-order valence-electron chi connectivity index (χ0n) is 11.5. The fraction of sp³-hybridized carbons (Fsp3) is 0.600. The average molecular weight is 235 g/mol. The third kappa shape index (κ3) is 5.22. The molecule has 0 unspecified atom stereocenters. The lowest BCUT2D eigenvalue weighted by atomic mass is 10.1. The number of rotatable bonds is 7. The molecule has 1 rings (SSSR count). The Morgan fingerprint density at radius 3 is 2.29 bits per heavy atom. The van der Waals surface area contributed by atoms with E-state index in [1.54, 1.807) is 0 Å². The Labute approximate surface area is 105 Å². The van der Waals surface area contributed by atoms with Crippen LogP contribution < -0.4 is 10.1 Å². The first-order valence-electron chi connectivity index (χ1n) is 6.62. The van der Waals surface area contributed by atoms with E-state index < -0.39 is 0 Å². The van der Waals surface area contributed by atoms with Crippen LogP contribution in [0.25, 0.3) is 0 Å². The summed E-state index contributed by atoms with van der Waals surface area (Å²) in [5, 5.41) is 3.49. The van der Waals surface area contributed by atoms with E-state index in [0.717, 1.165) is 18.8 Å². The molecule has 2 nitrogen and oxygen atoms in total. The molecule has 1 N–H and O–H groups in total. The van der Waals surface area contributed by atoms with Gasteiger partial charge in [-0.1, -0.05) is 39.3 Å². The lowest BCUT2D eigenvalue weighted by Gasteiger charge is -2.17.